The lowest BCUT2D eigenvalue weighted by atomic mass is 10.1. The van der Waals surface area contributed by atoms with E-state index in [4.69, 9.17) is 0 Å². The summed E-state index contributed by atoms with van der Waals surface area (Å²) in [5, 5.41) is 1.28. The summed E-state index contributed by atoms with van der Waals surface area (Å²) in [6.07, 6.45) is 0.402. The van der Waals surface area contributed by atoms with Crippen molar-refractivity contribution in [2.45, 2.75) is 6.42 Å². The largest absolute Gasteiger partial charge is 0.469 e. The number of carbonyl (C=O) groups excluding carboxylic acids is 1. The van der Waals surface area contributed by atoms with Gasteiger partial charge in [-0.1, -0.05) is 0 Å². The highest BCUT2D eigenvalue weighted by Crippen LogP contribution is 2.25. The van der Waals surface area contributed by atoms with Gasteiger partial charge in [0.25, 0.3) is 11.9 Å². The van der Waals surface area contributed by atoms with Crippen LogP contribution in [0.2, 0.25) is 0 Å². The van der Waals surface area contributed by atoms with E-state index in [0.717, 1.165) is 0 Å². The molecule has 9 heteroatoms. The Morgan fingerprint density at radius 3 is 2.45 bits per heavy atom. The second-order valence-corrected chi connectivity index (χ2v) is 4.26. The topological polar surface area (TPSA) is 54.5 Å². The van der Waals surface area contributed by atoms with Crippen LogP contribution in [0.1, 0.15) is 6.42 Å². The van der Waals surface area contributed by atoms with Gasteiger partial charge in [-0.3, -0.25) is 4.79 Å². The molecule has 0 aromatic carbocycles. The molecular formula is C11H11F4N3O2. The number of methoxy groups -OCH3 is 1. The number of hydrazine groups is 1. The lowest BCUT2D eigenvalue weighted by molar-refractivity contribution is -0.144. The number of carbonyl (C=O) groups is 1. The van der Waals surface area contributed by atoms with Gasteiger partial charge in [0.05, 0.1) is 13.0 Å². The Hall–Kier alpha value is -1.90. The number of anilines is 1. The van der Waals surface area contributed by atoms with Gasteiger partial charge in [0, 0.05) is 13.1 Å². The van der Waals surface area contributed by atoms with Gasteiger partial charge in [0.15, 0.2) is 0 Å². The Morgan fingerprint density at radius 1 is 1.30 bits per heavy atom. The van der Waals surface area contributed by atoms with E-state index in [1.165, 1.54) is 12.1 Å². The summed E-state index contributed by atoms with van der Waals surface area (Å²) >= 11 is 0. The van der Waals surface area contributed by atoms with Crippen LogP contribution in [-0.2, 0) is 9.53 Å². The molecular weight excluding hydrogens is 282 g/mol. The van der Waals surface area contributed by atoms with Gasteiger partial charge in [0.2, 0.25) is 11.6 Å². The minimum Gasteiger partial charge on any atom is -0.469 e. The van der Waals surface area contributed by atoms with Gasteiger partial charge < -0.3 is 10.2 Å². The van der Waals surface area contributed by atoms with Gasteiger partial charge in [-0.25, -0.2) is 5.01 Å². The molecule has 1 aliphatic heterocycles. The molecule has 1 aromatic heterocycles. The Morgan fingerprint density at radius 2 is 1.90 bits per heavy atom. The second-order valence-electron chi connectivity index (χ2n) is 4.26. The number of nitrogens with one attached hydrogen (secondary N) is 1. The maximum absolute atomic E-state index is 13.4. The number of rotatable bonds is 3. The third-order valence-corrected chi connectivity index (χ3v) is 2.99. The number of pyridine rings is 1. The van der Waals surface area contributed by atoms with Crippen LogP contribution < -0.4 is 5.43 Å². The fourth-order valence-corrected chi connectivity index (χ4v) is 1.96. The molecule has 110 valence electrons. The number of hydrogen-bond donors (Lipinski definition) is 1. The maximum Gasteiger partial charge on any atom is 0.310 e. The summed E-state index contributed by atoms with van der Waals surface area (Å²) < 4.78 is 57.2. The normalized spacial score (nSPS) is 19.1. The van der Waals surface area contributed by atoms with Crippen LogP contribution in [0.5, 0.6) is 0 Å². The van der Waals surface area contributed by atoms with E-state index in [1.807, 2.05) is 0 Å². The van der Waals surface area contributed by atoms with Crippen LogP contribution in [0, 0.1) is 29.4 Å². The summed E-state index contributed by atoms with van der Waals surface area (Å²) in [7, 11) is 1.23. The summed E-state index contributed by atoms with van der Waals surface area (Å²) in [6, 6.07) is 0. The van der Waals surface area contributed by atoms with E-state index in [-0.39, 0.29) is 13.1 Å². The van der Waals surface area contributed by atoms with E-state index in [0.29, 0.717) is 6.42 Å². The molecule has 1 saturated heterocycles. The molecule has 1 fully saturated rings. The third-order valence-electron chi connectivity index (χ3n) is 2.99. The van der Waals surface area contributed by atoms with Crippen molar-refractivity contribution in [2.24, 2.45) is 5.92 Å². The highest BCUT2D eigenvalue weighted by molar-refractivity contribution is 5.72. The van der Waals surface area contributed by atoms with E-state index < -0.39 is 41.1 Å². The van der Waals surface area contributed by atoms with Crippen LogP contribution in [0.25, 0.3) is 0 Å². The SMILES string of the molecule is COC(=O)C1CCN(Nc2c(F)c(F)nc(F)c2F)C1. The van der Waals surface area contributed by atoms with E-state index in [2.05, 4.69) is 15.1 Å². The lowest BCUT2D eigenvalue weighted by Crippen LogP contribution is -2.30. The monoisotopic (exact) mass is 293 g/mol. The summed E-state index contributed by atoms with van der Waals surface area (Å²) in [5.74, 6) is -7.64. The first-order valence-corrected chi connectivity index (χ1v) is 5.73. The molecule has 0 aliphatic carbocycles. The molecule has 1 unspecified atom stereocenters. The smallest absolute Gasteiger partial charge is 0.310 e. The summed E-state index contributed by atoms with van der Waals surface area (Å²) in [4.78, 5) is 13.7. The number of ether oxygens (including phenoxy) is 1. The molecule has 1 aromatic rings. The molecule has 0 spiro atoms. The standard InChI is InChI=1S/C11H11F4N3O2/c1-20-11(19)5-2-3-18(4-5)17-8-6(12)9(14)16-10(15)7(8)13/h5H,2-4H2,1H3,(H,16,17). The molecule has 2 heterocycles. The van der Waals surface area contributed by atoms with Gasteiger partial charge in [-0.05, 0) is 6.42 Å². The van der Waals surface area contributed by atoms with Crippen molar-refractivity contribution in [1.29, 1.82) is 0 Å². The Kier molecular flexibility index (Phi) is 4.07. The van der Waals surface area contributed by atoms with Crippen LogP contribution >= 0.6 is 0 Å². The fraction of sp³-hybridized carbons (Fsp3) is 0.455. The Labute approximate surface area is 111 Å². The highest BCUT2D eigenvalue weighted by atomic mass is 19.2. The second kappa shape index (κ2) is 5.61. The van der Waals surface area contributed by atoms with Crippen molar-refractivity contribution in [3.63, 3.8) is 0 Å². The molecule has 1 aliphatic rings. The average Bonchev–Trinajstić information content (AvgIpc) is 2.89. The minimum atomic E-state index is -1.74. The number of hydrogen-bond acceptors (Lipinski definition) is 5. The third kappa shape index (κ3) is 2.67. The predicted octanol–water partition coefficient (Wildman–Crippen LogP) is 1.46. The molecule has 5 nitrogen and oxygen atoms in total. The van der Waals surface area contributed by atoms with E-state index in [1.54, 1.807) is 0 Å². The van der Waals surface area contributed by atoms with Crippen molar-refractivity contribution in [1.82, 2.24) is 9.99 Å². The quantitative estimate of drug-likeness (QED) is 0.519. The van der Waals surface area contributed by atoms with Crippen molar-refractivity contribution in [3.8, 4) is 0 Å². The maximum atomic E-state index is 13.4. The summed E-state index contributed by atoms with van der Waals surface area (Å²) in [5.41, 5.74) is 1.25. The van der Waals surface area contributed by atoms with Crippen molar-refractivity contribution in [3.05, 3.63) is 23.5 Å². The molecule has 2 rings (SSSR count). The van der Waals surface area contributed by atoms with Gasteiger partial charge in [-0.15, -0.1) is 0 Å². The average molecular weight is 293 g/mol. The Balaban J connectivity index is 2.14. The molecule has 0 bridgehead atoms. The van der Waals surface area contributed by atoms with Gasteiger partial charge in [0.1, 0.15) is 5.69 Å². The zero-order valence-corrected chi connectivity index (χ0v) is 10.4. The van der Waals surface area contributed by atoms with Crippen LogP contribution in [0.3, 0.4) is 0 Å². The number of esters is 1. The minimum absolute atomic E-state index is 0.108. The Bertz CT molecular complexity index is 515. The molecule has 0 amide bonds. The van der Waals surface area contributed by atoms with Crippen LogP contribution in [-0.4, -0.2) is 36.2 Å². The van der Waals surface area contributed by atoms with E-state index in [9.17, 15) is 22.4 Å². The molecule has 1 atom stereocenters. The highest BCUT2D eigenvalue weighted by Gasteiger charge is 2.31. The van der Waals surface area contributed by atoms with Crippen molar-refractivity contribution >= 4 is 11.7 Å². The van der Waals surface area contributed by atoms with Crippen LogP contribution in [0.4, 0.5) is 23.2 Å². The molecule has 20 heavy (non-hydrogen) atoms. The zero-order chi connectivity index (χ0) is 14.9. The van der Waals surface area contributed by atoms with Gasteiger partial charge in [-0.2, -0.15) is 22.5 Å². The zero-order valence-electron chi connectivity index (χ0n) is 10.4. The molecule has 0 saturated carbocycles. The fourth-order valence-electron chi connectivity index (χ4n) is 1.96. The number of nitrogens with zero attached hydrogens (tertiary/aromatic N) is 2. The number of halogens is 4. The summed E-state index contributed by atoms with van der Waals surface area (Å²) in [6.45, 7) is 0.376. The predicted molar refractivity (Wildman–Crippen MR) is 59.4 cm³/mol. The first-order chi connectivity index (χ1) is 9.43. The number of aromatic nitrogens is 1. The first-order valence-electron chi connectivity index (χ1n) is 5.73. The van der Waals surface area contributed by atoms with Crippen molar-refractivity contribution < 1.29 is 27.1 Å². The first kappa shape index (κ1) is 14.5. The lowest BCUT2D eigenvalue weighted by Gasteiger charge is -2.19. The molecule has 1 N–H and O–H groups in total. The van der Waals surface area contributed by atoms with Crippen molar-refractivity contribution in [2.75, 3.05) is 25.6 Å². The van der Waals surface area contributed by atoms with E-state index >= 15 is 0 Å². The molecule has 0 radical (unpaired) electrons. The van der Waals surface area contributed by atoms with Gasteiger partial charge >= 0.3 is 5.97 Å². The van der Waals surface area contributed by atoms with Crippen LogP contribution in [0.15, 0.2) is 0 Å².